The van der Waals surface area contributed by atoms with Crippen LogP contribution < -0.4 is 4.90 Å². The summed E-state index contributed by atoms with van der Waals surface area (Å²) in [6, 6.07) is 8.81. The average molecular weight is 431 g/mol. The van der Waals surface area contributed by atoms with Crippen molar-refractivity contribution in [1.29, 1.82) is 0 Å². The van der Waals surface area contributed by atoms with Crippen molar-refractivity contribution in [3.8, 4) is 17.2 Å². The van der Waals surface area contributed by atoms with Gasteiger partial charge in [-0.05, 0) is 70.2 Å². The van der Waals surface area contributed by atoms with E-state index in [0.29, 0.717) is 4.47 Å². The van der Waals surface area contributed by atoms with Crippen LogP contribution in [0.4, 0.5) is 5.69 Å². The molecule has 0 aromatic heterocycles. The first-order chi connectivity index (χ1) is 10.1. The lowest BCUT2D eigenvalue weighted by molar-refractivity contribution is 0.400. The Labute approximate surface area is 147 Å². The lowest BCUT2D eigenvalue weighted by Crippen LogP contribution is -2.25. The monoisotopic (exact) mass is 429 g/mol. The normalized spacial score (nSPS) is 14.0. The molecule has 118 valence electrons. The molecule has 0 amide bonds. The van der Waals surface area contributed by atoms with Crippen LogP contribution in [0.5, 0.6) is 17.2 Å². The van der Waals surface area contributed by atoms with E-state index < -0.39 is 0 Å². The fourth-order valence-electron chi connectivity index (χ4n) is 2.75. The van der Waals surface area contributed by atoms with Crippen molar-refractivity contribution in [2.24, 2.45) is 0 Å². The van der Waals surface area contributed by atoms with E-state index in [1.165, 1.54) is 0 Å². The van der Waals surface area contributed by atoms with Gasteiger partial charge in [-0.15, -0.1) is 17.0 Å². The van der Waals surface area contributed by atoms with Crippen LogP contribution in [-0.2, 0) is 12.8 Å². The summed E-state index contributed by atoms with van der Waals surface area (Å²) in [6.45, 7) is 1.65. The molecule has 1 heterocycles. The molecule has 0 fully saturated rings. The Bertz CT molecular complexity index is 674. The molecule has 0 spiro atoms. The summed E-state index contributed by atoms with van der Waals surface area (Å²) in [7, 11) is 0. The van der Waals surface area contributed by atoms with Gasteiger partial charge in [0.1, 0.15) is 5.75 Å². The van der Waals surface area contributed by atoms with Gasteiger partial charge in [-0.25, -0.2) is 0 Å². The van der Waals surface area contributed by atoms with E-state index in [4.69, 9.17) is 0 Å². The minimum Gasteiger partial charge on any atom is -0.508 e. The van der Waals surface area contributed by atoms with Gasteiger partial charge >= 0.3 is 0 Å². The molecule has 1 aliphatic rings. The number of hydrogen-bond acceptors (Lipinski definition) is 4. The fourth-order valence-corrected chi connectivity index (χ4v) is 3.40. The number of phenols is 3. The molecular weight excluding hydrogens is 414 g/mol. The second kappa shape index (κ2) is 6.79. The third-order valence-corrected chi connectivity index (χ3v) is 4.77. The molecule has 3 N–H and O–H groups in total. The number of fused-ring (bicyclic) bond motifs is 1. The van der Waals surface area contributed by atoms with Gasteiger partial charge in [0.2, 0.25) is 0 Å². The highest BCUT2D eigenvalue weighted by Gasteiger charge is 2.20. The Morgan fingerprint density at radius 2 is 1.59 bits per heavy atom. The average Bonchev–Trinajstić information content (AvgIpc) is 2.69. The smallest absolute Gasteiger partial charge is 0.172 e. The van der Waals surface area contributed by atoms with Crippen molar-refractivity contribution in [2.45, 2.75) is 12.8 Å². The van der Waals surface area contributed by atoms with Crippen LogP contribution >= 0.6 is 32.9 Å². The Hall–Kier alpha value is -1.40. The summed E-state index contributed by atoms with van der Waals surface area (Å²) in [6.07, 6.45) is 1.58. The second-order valence-corrected chi connectivity index (χ2v) is 5.99. The van der Waals surface area contributed by atoms with Crippen LogP contribution in [-0.4, -0.2) is 28.4 Å². The zero-order chi connectivity index (χ0) is 15.0. The van der Waals surface area contributed by atoms with E-state index >= 15 is 0 Å². The number of rotatable bonds is 1. The number of anilines is 1. The highest BCUT2D eigenvalue weighted by Crippen LogP contribution is 2.39. The molecule has 0 radical (unpaired) electrons. The van der Waals surface area contributed by atoms with Gasteiger partial charge < -0.3 is 20.2 Å². The molecule has 2 aromatic rings. The van der Waals surface area contributed by atoms with Crippen LogP contribution in [0.3, 0.4) is 0 Å². The Morgan fingerprint density at radius 3 is 2.27 bits per heavy atom. The van der Waals surface area contributed by atoms with Crippen molar-refractivity contribution in [3.05, 3.63) is 45.9 Å². The highest BCUT2D eigenvalue weighted by molar-refractivity contribution is 9.10. The van der Waals surface area contributed by atoms with Crippen LogP contribution in [0.15, 0.2) is 34.8 Å². The molecule has 0 atom stereocenters. The molecule has 22 heavy (non-hydrogen) atoms. The summed E-state index contributed by atoms with van der Waals surface area (Å²) < 4.78 is 0.588. The van der Waals surface area contributed by atoms with Gasteiger partial charge in [0.15, 0.2) is 11.5 Å². The van der Waals surface area contributed by atoms with Crippen molar-refractivity contribution >= 4 is 38.6 Å². The Kier molecular flexibility index (Phi) is 5.24. The Balaban J connectivity index is 0.00000176. The molecular formula is C16H17Br2NO3. The third kappa shape index (κ3) is 3.17. The van der Waals surface area contributed by atoms with E-state index in [9.17, 15) is 15.3 Å². The van der Waals surface area contributed by atoms with E-state index in [0.717, 1.165) is 42.7 Å². The SMILES string of the molecule is Br.Oc1ccc(N2CCc3cc(O)c(O)c(Br)c3CC2)cc1. The van der Waals surface area contributed by atoms with Crippen molar-refractivity contribution < 1.29 is 15.3 Å². The molecule has 3 rings (SSSR count). The topological polar surface area (TPSA) is 63.9 Å². The number of nitrogens with zero attached hydrogens (tertiary/aromatic N) is 1. The summed E-state index contributed by atoms with van der Waals surface area (Å²) in [4.78, 5) is 2.24. The minimum absolute atomic E-state index is 0. The molecule has 0 saturated heterocycles. The van der Waals surface area contributed by atoms with Crippen LogP contribution in [0.1, 0.15) is 11.1 Å². The molecule has 0 saturated carbocycles. The van der Waals surface area contributed by atoms with E-state index in [1.54, 1.807) is 18.2 Å². The van der Waals surface area contributed by atoms with E-state index in [1.807, 2.05) is 12.1 Å². The first-order valence-electron chi connectivity index (χ1n) is 6.82. The number of phenolic OH excluding ortho intramolecular Hbond substituents is 3. The number of halogens is 2. The first kappa shape index (κ1) is 17.0. The lowest BCUT2D eigenvalue weighted by Gasteiger charge is -2.22. The first-order valence-corrected chi connectivity index (χ1v) is 7.61. The third-order valence-electron chi connectivity index (χ3n) is 3.91. The standard InChI is InChI=1S/C16H16BrNO3.BrH/c17-15-13-6-8-18(11-1-3-12(19)4-2-11)7-5-10(13)9-14(20)16(15)21;/h1-4,9,19-21H,5-8H2;1H. The predicted octanol–water partition coefficient (Wildman–Crippen LogP) is 3.75. The van der Waals surface area contributed by atoms with Gasteiger partial charge in [-0.2, -0.15) is 0 Å². The molecule has 1 aliphatic heterocycles. The van der Waals surface area contributed by atoms with E-state index in [2.05, 4.69) is 20.8 Å². The van der Waals surface area contributed by atoms with Crippen molar-refractivity contribution in [2.75, 3.05) is 18.0 Å². The van der Waals surface area contributed by atoms with Crippen LogP contribution in [0.2, 0.25) is 0 Å². The minimum atomic E-state index is -0.0909. The van der Waals surface area contributed by atoms with Gasteiger partial charge in [-0.3, -0.25) is 0 Å². The largest absolute Gasteiger partial charge is 0.508 e. The molecule has 0 bridgehead atoms. The molecule has 2 aromatic carbocycles. The van der Waals surface area contributed by atoms with Gasteiger partial charge in [-0.1, -0.05) is 0 Å². The Morgan fingerprint density at radius 1 is 0.955 bits per heavy atom. The number of benzene rings is 2. The lowest BCUT2D eigenvalue weighted by atomic mass is 10.0. The maximum Gasteiger partial charge on any atom is 0.172 e. The number of aromatic hydroxyl groups is 3. The fraction of sp³-hybridized carbons (Fsp3) is 0.250. The zero-order valence-corrected chi connectivity index (χ0v) is 15.1. The summed E-state index contributed by atoms with van der Waals surface area (Å²) in [5.41, 5.74) is 3.16. The van der Waals surface area contributed by atoms with E-state index in [-0.39, 0.29) is 34.2 Å². The highest BCUT2D eigenvalue weighted by atomic mass is 79.9. The molecule has 6 heteroatoms. The summed E-state index contributed by atoms with van der Waals surface area (Å²) >= 11 is 3.38. The van der Waals surface area contributed by atoms with Crippen LogP contribution in [0, 0.1) is 0 Å². The maximum atomic E-state index is 9.83. The maximum absolute atomic E-state index is 9.83. The molecule has 4 nitrogen and oxygen atoms in total. The van der Waals surface area contributed by atoms with Gasteiger partial charge in [0.05, 0.1) is 4.47 Å². The zero-order valence-electron chi connectivity index (χ0n) is 11.8. The van der Waals surface area contributed by atoms with Crippen LogP contribution in [0.25, 0.3) is 0 Å². The number of hydrogen-bond donors (Lipinski definition) is 3. The predicted molar refractivity (Wildman–Crippen MR) is 95.5 cm³/mol. The molecule has 0 aliphatic carbocycles. The summed E-state index contributed by atoms with van der Waals surface area (Å²) in [5.74, 6) is 0.0833. The van der Waals surface area contributed by atoms with Gasteiger partial charge in [0.25, 0.3) is 0 Å². The summed E-state index contributed by atoms with van der Waals surface area (Å²) in [5, 5.41) is 28.9. The second-order valence-electron chi connectivity index (χ2n) is 5.20. The van der Waals surface area contributed by atoms with Gasteiger partial charge in [0, 0.05) is 18.8 Å². The van der Waals surface area contributed by atoms with Crippen molar-refractivity contribution in [3.63, 3.8) is 0 Å². The van der Waals surface area contributed by atoms with Crippen molar-refractivity contribution in [1.82, 2.24) is 0 Å². The molecule has 0 unspecified atom stereocenters. The quantitative estimate of drug-likeness (QED) is 0.603.